The van der Waals surface area contributed by atoms with E-state index in [4.69, 9.17) is 22.0 Å². The molecule has 0 aromatic rings. The summed E-state index contributed by atoms with van der Waals surface area (Å²) >= 11 is -2.51. The van der Waals surface area contributed by atoms with Crippen molar-refractivity contribution < 1.29 is 49.8 Å². The zero-order valence-corrected chi connectivity index (χ0v) is 8.34. The van der Waals surface area contributed by atoms with Gasteiger partial charge in [0.05, 0.1) is 0 Å². The fourth-order valence-electron chi connectivity index (χ4n) is 0. The first-order valence-electron chi connectivity index (χ1n) is 1.07. The van der Waals surface area contributed by atoms with Gasteiger partial charge in [0.25, 0.3) is 0 Å². The molecule has 0 bridgehead atoms. The molecule has 0 amide bonds. The van der Waals surface area contributed by atoms with Gasteiger partial charge in [-0.1, -0.05) is 0 Å². The molecule has 0 aliphatic rings. The van der Waals surface area contributed by atoms with Crippen LogP contribution in [0.4, 0.5) is 0 Å². The van der Waals surface area contributed by atoms with Gasteiger partial charge < -0.3 is 9.11 Å². The second-order valence-corrected chi connectivity index (χ2v) is 2.00. The summed E-state index contributed by atoms with van der Waals surface area (Å²) in [6, 6.07) is 0. The molecule has 8 heteroatoms. The fraction of sp³-hybridized carbons (Fsp3) is 0. The van der Waals surface area contributed by atoms with E-state index >= 15 is 0 Å². The summed E-state index contributed by atoms with van der Waals surface area (Å²) < 4.78 is 51.3. The van der Waals surface area contributed by atoms with Crippen molar-refractivity contribution in [3.05, 3.63) is 0 Å². The van der Waals surface area contributed by atoms with Crippen molar-refractivity contribution >= 4 is 10.4 Å². The zero-order chi connectivity index (χ0) is 7.21. The van der Waals surface area contributed by atoms with Gasteiger partial charge in [0.15, 0.2) is 0 Å². The number of rotatable bonds is 0. The van der Waals surface area contributed by atoms with Gasteiger partial charge in [-0.25, -0.2) is 0 Å². The summed E-state index contributed by atoms with van der Waals surface area (Å²) in [6.45, 7) is 0. The number of hydrogen-bond acceptors (Lipinski definition) is 6. The van der Waals surface area contributed by atoms with Crippen LogP contribution in [0, 0.1) is 27.8 Å². The average molecular weight is 366 g/mol. The summed E-state index contributed by atoms with van der Waals surface area (Å²) in [5.41, 5.74) is 0. The Kier molecular flexibility index (Phi) is 8.01. The molecule has 0 saturated carbocycles. The molecule has 8 heavy (non-hydrogen) atoms. The molecule has 0 atom stereocenters. The third-order valence-electron chi connectivity index (χ3n) is 0. The van der Waals surface area contributed by atoms with E-state index in [-0.39, 0.29) is 0 Å². The van der Waals surface area contributed by atoms with Gasteiger partial charge in [0, 0.05) is 10.4 Å². The van der Waals surface area contributed by atoms with E-state index in [2.05, 4.69) is 0 Å². The minimum absolute atomic E-state index is 2.51. The minimum atomic E-state index is -5.17. The van der Waals surface area contributed by atoms with Gasteiger partial charge >= 0.3 is 32.3 Å². The van der Waals surface area contributed by atoms with E-state index in [1.165, 1.54) is 0 Å². The molecule has 0 rings (SSSR count). The molecule has 0 fully saturated rings. The molecule has 0 heterocycles. The predicted molar refractivity (Wildman–Crippen MR) is 11.8 cm³/mol. The number of hydrogen-bond donors (Lipinski definition) is 0. The van der Waals surface area contributed by atoms with Crippen LogP contribution < -0.4 is 0 Å². The second kappa shape index (κ2) is 5.65. The Balaban J connectivity index is 0. The Hall–Kier alpha value is 0.522. The quantitative estimate of drug-likeness (QED) is 0.378. The molecule has 0 radical (unpaired) electrons. The summed E-state index contributed by atoms with van der Waals surface area (Å²) in [7, 11) is -5.17. The Morgan fingerprint density at radius 1 is 1.12 bits per heavy atom. The van der Waals surface area contributed by atoms with Crippen LogP contribution in [0.1, 0.15) is 0 Å². The van der Waals surface area contributed by atoms with Crippen molar-refractivity contribution in [3.63, 3.8) is 0 Å². The van der Waals surface area contributed by atoms with E-state index in [0.717, 1.165) is 0 Å². The third kappa shape index (κ3) is 730. The average Bonchev–Trinajstić information content (AvgIpc) is 1.27. The van der Waals surface area contributed by atoms with Crippen LogP contribution >= 0.6 is 0 Å². The molecule has 0 aromatic heterocycles. The van der Waals surface area contributed by atoms with Crippen LogP contribution in [0.15, 0.2) is 0 Å². The molecular formula is O6SU. The van der Waals surface area contributed by atoms with Crippen molar-refractivity contribution in [2.45, 2.75) is 0 Å². The summed E-state index contributed by atoms with van der Waals surface area (Å²) in [5.74, 6) is 0. The molecule has 0 aliphatic carbocycles. The van der Waals surface area contributed by atoms with Gasteiger partial charge in [0.1, 0.15) is 0 Å². The SMILES string of the molecule is O=S(=O)([O-])[O-].[O]=[U+2]=[O]. The summed E-state index contributed by atoms with van der Waals surface area (Å²) in [4.78, 5) is 0. The van der Waals surface area contributed by atoms with Crippen LogP contribution in [0.5, 0.6) is 0 Å². The van der Waals surface area contributed by atoms with Crippen LogP contribution in [0.2, 0.25) is 0 Å². The van der Waals surface area contributed by atoms with Crippen molar-refractivity contribution in [1.82, 2.24) is 0 Å². The molecule has 0 spiro atoms. The monoisotopic (exact) mass is 366 g/mol. The zero-order valence-electron chi connectivity index (χ0n) is 3.36. The Morgan fingerprint density at radius 3 is 1.12 bits per heavy atom. The molecular weight excluding hydrogens is 366 g/mol. The Bertz CT molecular complexity index is 149. The first kappa shape index (κ1) is 11.3. The Labute approximate surface area is 60.1 Å². The molecule has 0 aromatic carbocycles. The third-order valence-corrected chi connectivity index (χ3v) is 0. The van der Waals surface area contributed by atoms with Crippen molar-refractivity contribution in [3.8, 4) is 0 Å². The van der Waals surface area contributed by atoms with Crippen LogP contribution in [0.25, 0.3) is 0 Å². The van der Waals surface area contributed by atoms with E-state index in [1.54, 1.807) is 0 Å². The standard InChI is InChI=1S/H2O4S.2O.U/c1-5(2,3)4;;;/h(H2,1,2,3,4);;;/q;;;+2/p-2. The van der Waals surface area contributed by atoms with Gasteiger partial charge in [-0.3, -0.25) is 8.42 Å². The van der Waals surface area contributed by atoms with Crippen LogP contribution in [-0.2, 0) is 14.9 Å². The van der Waals surface area contributed by atoms with E-state index in [0.29, 0.717) is 0 Å². The first-order chi connectivity index (χ1) is 3.41. The maximum atomic E-state index is 8.58. The fourth-order valence-corrected chi connectivity index (χ4v) is 0. The molecule has 46 valence electrons. The molecule has 0 saturated heterocycles. The molecule has 0 aliphatic heterocycles. The summed E-state index contributed by atoms with van der Waals surface area (Å²) in [6.07, 6.45) is 0. The maximum absolute atomic E-state index is 8.58. The van der Waals surface area contributed by atoms with Gasteiger partial charge in [-0.15, -0.1) is 0 Å². The normalized spacial score (nSPS) is 8.25. The van der Waals surface area contributed by atoms with Crippen molar-refractivity contribution in [2.75, 3.05) is 0 Å². The molecule has 0 N–H and O–H groups in total. The molecule has 0 unspecified atom stereocenters. The van der Waals surface area contributed by atoms with Gasteiger partial charge in [-0.05, 0) is 0 Å². The van der Waals surface area contributed by atoms with Crippen LogP contribution in [0.3, 0.4) is 0 Å². The first-order valence-corrected chi connectivity index (χ1v) is 5.81. The predicted octanol–water partition coefficient (Wildman–Crippen LogP) is -1.58. The van der Waals surface area contributed by atoms with E-state index < -0.39 is 38.2 Å². The topological polar surface area (TPSA) is 114 Å². The van der Waals surface area contributed by atoms with Crippen molar-refractivity contribution in [2.24, 2.45) is 0 Å². The second-order valence-electron chi connectivity index (χ2n) is 0.492. The van der Waals surface area contributed by atoms with Crippen LogP contribution in [-0.4, -0.2) is 17.5 Å². The summed E-state index contributed by atoms with van der Waals surface area (Å²) in [5, 5.41) is 0. The van der Waals surface area contributed by atoms with Gasteiger partial charge in [-0.2, -0.15) is 0 Å². The van der Waals surface area contributed by atoms with Gasteiger partial charge in [0.2, 0.25) is 0 Å². The van der Waals surface area contributed by atoms with E-state index in [1.807, 2.05) is 0 Å². The van der Waals surface area contributed by atoms with Crippen molar-refractivity contribution in [1.29, 1.82) is 0 Å². The van der Waals surface area contributed by atoms with E-state index in [9.17, 15) is 0 Å². The Morgan fingerprint density at radius 2 is 1.12 bits per heavy atom. The molecule has 6 nitrogen and oxygen atoms in total.